The number of hydrogen-bond acceptors (Lipinski definition) is 12. The molecule has 216 valence electrons. The predicted octanol–water partition coefficient (Wildman–Crippen LogP) is 1.83. The number of carbonyl (C=O) groups excluding carboxylic acids is 1. The number of phenolic OH excluding ortho intramolecular Hbond substituents is 5. The Hall–Kier alpha value is -4.65. The fourth-order valence-corrected chi connectivity index (χ4v) is 6.94. The number of carbonyl (C=O) groups is 1. The normalized spacial score (nSPS) is 31.7. The smallest absolute Gasteiger partial charge is 0.235 e. The number of aromatic hydroxyl groups is 5. The van der Waals surface area contributed by atoms with Gasteiger partial charge in [0, 0.05) is 47.7 Å². The molecule has 5 aliphatic rings. The molecular weight excluding hydrogens is 552 g/mol. The third-order valence-corrected chi connectivity index (χ3v) is 8.81. The van der Waals surface area contributed by atoms with Crippen molar-refractivity contribution >= 4 is 11.4 Å². The summed E-state index contributed by atoms with van der Waals surface area (Å²) >= 11 is 0. The molecule has 6 atom stereocenters. The minimum Gasteiger partial charge on any atom is -0.508 e. The molecule has 4 heterocycles. The molecule has 0 aromatic heterocycles. The molecule has 1 saturated heterocycles. The van der Waals surface area contributed by atoms with Crippen LogP contribution in [0.4, 0.5) is 0 Å². The van der Waals surface area contributed by atoms with Crippen molar-refractivity contribution in [2.75, 3.05) is 0 Å². The summed E-state index contributed by atoms with van der Waals surface area (Å²) in [4.78, 5) is 13.3. The average molecular weight is 577 g/mol. The van der Waals surface area contributed by atoms with E-state index in [4.69, 9.17) is 18.9 Å². The summed E-state index contributed by atoms with van der Waals surface area (Å²) in [5.41, 5.74) is 0.0962. The summed E-state index contributed by atoms with van der Waals surface area (Å²) in [5, 5.41) is 73.6. The van der Waals surface area contributed by atoms with Crippen molar-refractivity contribution in [1.29, 1.82) is 0 Å². The van der Waals surface area contributed by atoms with Crippen LogP contribution in [0.25, 0.3) is 5.57 Å². The number of rotatable bonds is 1. The summed E-state index contributed by atoms with van der Waals surface area (Å²) in [7, 11) is 0. The molecule has 3 aromatic carbocycles. The number of fused-ring (bicyclic) bond motifs is 7. The van der Waals surface area contributed by atoms with Crippen LogP contribution in [0.3, 0.4) is 0 Å². The molecular formula is C30H24O12. The fraction of sp³-hybridized carbons (Fsp3) is 0.300. The second kappa shape index (κ2) is 8.00. The van der Waals surface area contributed by atoms with E-state index in [9.17, 15) is 40.5 Å². The lowest BCUT2D eigenvalue weighted by Gasteiger charge is -2.53. The van der Waals surface area contributed by atoms with Crippen LogP contribution in [-0.2, 0) is 22.4 Å². The first-order valence-electron chi connectivity index (χ1n) is 13.3. The molecule has 7 N–H and O–H groups in total. The molecule has 6 unspecified atom stereocenters. The Morgan fingerprint density at radius 2 is 1.62 bits per heavy atom. The van der Waals surface area contributed by atoms with E-state index >= 15 is 0 Å². The van der Waals surface area contributed by atoms with Crippen LogP contribution in [0.2, 0.25) is 0 Å². The van der Waals surface area contributed by atoms with Crippen LogP contribution in [0, 0.1) is 0 Å². The van der Waals surface area contributed by atoms with Gasteiger partial charge in [-0.25, -0.2) is 0 Å². The fourth-order valence-electron chi connectivity index (χ4n) is 6.94. The third kappa shape index (κ3) is 3.19. The summed E-state index contributed by atoms with van der Waals surface area (Å²) in [5.74, 6) is -3.95. The predicted molar refractivity (Wildman–Crippen MR) is 140 cm³/mol. The molecule has 1 fully saturated rings. The third-order valence-electron chi connectivity index (χ3n) is 8.81. The molecule has 8 rings (SSSR count). The lowest BCUT2D eigenvalue weighted by Crippen LogP contribution is -2.70. The zero-order valence-corrected chi connectivity index (χ0v) is 21.6. The maximum absolute atomic E-state index is 13.3. The van der Waals surface area contributed by atoms with Crippen molar-refractivity contribution < 1.29 is 59.5 Å². The Bertz CT molecular complexity index is 1760. The number of aliphatic hydroxyl groups is 2. The Balaban J connectivity index is 1.28. The maximum Gasteiger partial charge on any atom is 0.235 e. The van der Waals surface area contributed by atoms with Crippen LogP contribution in [0.15, 0.2) is 42.5 Å². The van der Waals surface area contributed by atoms with Crippen molar-refractivity contribution in [3.8, 4) is 46.0 Å². The number of ketones is 1. The van der Waals surface area contributed by atoms with Gasteiger partial charge in [-0.2, -0.15) is 0 Å². The minimum absolute atomic E-state index is 0.0366. The lowest BCUT2D eigenvalue weighted by molar-refractivity contribution is -0.290. The van der Waals surface area contributed by atoms with Gasteiger partial charge in [0.2, 0.25) is 11.6 Å². The van der Waals surface area contributed by atoms with Gasteiger partial charge in [0.15, 0.2) is 23.2 Å². The van der Waals surface area contributed by atoms with Crippen molar-refractivity contribution in [3.63, 3.8) is 0 Å². The Morgan fingerprint density at radius 1 is 0.833 bits per heavy atom. The standard InChI is InChI=1S/C30H24O12/c31-12-4-17(33)13-7-23-28(39-21(13)5-12)29-10-30(38,42-23)24(37)8-15(29)25-22(41-29)9-18(34)14-6-20(36)26(40-27(14)25)11-1-2-16(32)19(35)3-11/h1-5,8-9,20,23,26,28,31-36,38H,6-7,10H2. The van der Waals surface area contributed by atoms with Crippen LogP contribution >= 0.6 is 0 Å². The molecule has 0 radical (unpaired) electrons. The second-order valence-electron chi connectivity index (χ2n) is 11.4. The number of ether oxygens (including phenoxy) is 4. The van der Waals surface area contributed by atoms with E-state index in [2.05, 4.69) is 0 Å². The van der Waals surface area contributed by atoms with Crippen LogP contribution in [0.1, 0.15) is 34.8 Å². The van der Waals surface area contributed by atoms with Crippen molar-refractivity contribution in [3.05, 3.63) is 64.7 Å². The summed E-state index contributed by atoms with van der Waals surface area (Å²) < 4.78 is 24.9. The molecule has 4 aliphatic heterocycles. The van der Waals surface area contributed by atoms with Crippen LogP contribution < -0.4 is 14.2 Å². The van der Waals surface area contributed by atoms with Gasteiger partial charge in [-0.3, -0.25) is 4.79 Å². The van der Waals surface area contributed by atoms with Gasteiger partial charge in [-0.05, 0) is 23.8 Å². The highest BCUT2D eigenvalue weighted by atomic mass is 16.7. The molecule has 0 saturated carbocycles. The first kappa shape index (κ1) is 25.1. The quantitative estimate of drug-likeness (QED) is 0.208. The van der Waals surface area contributed by atoms with E-state index in [1.54, 1.807) is 0 Å². The molecule has 12 nitrogen and oxygen atoms in total. The van der Waals surface area contributed by atoms with E-state index in [1.165, 1.54) is 36.4 Å². The first-order valence-corrected chi connectivity index (χ1v) is 13.3. The highest BCUT2D eigenvalue weighted by Crippen LogP contribution is 2.62. The van der Waals surface area contributed by atoms with E-state index in [-0.39, 0.29) is 65.1 Å². The molecule has 3 aromatic rings. The molecule has 0 amide bonds. The van der Waals surface area contributed by atoms with Gasteiger partial charge in [0.05, 0.1) is 18.1 Å². The summed E-state index contributed by atoms with van der Waals surface area (Å²) in [6.45, 7) is 0. The number of aliphatic hydroxyl groups excluding tert-OH is 1. The van der Waals surface area contributed by atoms with Gasteiger partial charge >= 0.3 is 0 Å². The van der Waals surface area contributed by atoms with Crippen molar-refractivity contribution in [2.24, 2.45) is 0 Å². The Labute approximate surface area is 236 Å². The lowest BCUT2D eigenvalue weighted by atomic mass is 9.69. The van der Waals surface area contributed by atoms with Gasteiger partial charge in [0.1, 0.15) is 46.7 Å². The molecule has 12 heteroatoms. The second-order valence-corrected chi connectivity index (χ2v) is 11.4. The topological polar surface area (TPSA) is 196 Å². The number of benzene rings is 3. The Kier molecular flexibility index (Phi) is 4.78. The monoisotopic (exact) mass is 576 g/mol. The van der Waals surface area contributed by atoms with Crippen LogP contribution in [-0.4, -0.2) is 71.2 Å². The number of hydrogen-bond donors (Lipinski definition) is 7. The SMILES string of the molecule is O=C1C=C2c3c(cc(O)c4c3OC(c3ccc(O)c(O)c3)C(O)C4)OC23CC1(O)OC1Cc2c(O)cc(O)cc2OC13. The van der Waals surface area contributed by atoms with Gasteiger partial charge < -0.3 is 54.7 Å². The molecule has 1 spiro atoms. The zero-order chi connectivity index (χ0) is 29.3. The average Bonchev–Trinajstić information content (AvgIpc) is 3.22. The largest absolute Gasteiger partial charge is 0.508 e. The minimum atomic E-state index is -2.26. The Morgan fingerprint density at radius 3 is 2.40 bits per heavy atom. The van der Waals surface area contributed by atoms with Gasteiger partial charge in [-0.1, -0.05) is 6.07 Å². The van der Waals surface area contributed by atoms with E-state index in [0.29, 0.717) is 22.3 Å². The highest BCUT2D eigenvalue weighted by Gasteiger charge is 2.69. The molecule has 42 heavy (non-hydrogen) atoms. The summed E-state index contributed by atoms with van der Waals surface area (Å²) in [6.07, 6.45) is -3.23. The molecule has 2 bridgehead atoms. The summed E-state index contributed by atoms with van der Waals surface area (Å²) in [6, 6.07) is 7.87. The zero-order valence-electron chi connectivity index (χ0n) is 21.6. The first-order chi connectivity index (χ1) is 20.0. The van der Waals surface area contributed by atoms with Gasteiger partial charge in [0.25, 0.3) is 0 Å². The van der Waals surface area contributed by atoms with E-state index in [0.717, 1.165) is 6.07 Å². The van der Waals surface area contributed by atoms with Crippen LogP contribution in [0.5, 0.6) is 46.0 Å². The van der Waals surface area contributed by atoms with E-state index < -0.39 is 47.3 Å². The van der Waals surface area contributed by atoms with Crippen molar-refractivity contribution in [1.82, 2.24) is 0 Å². The number of phenols is 5. The van der Waals surface area contributed by atoms with E-state index in [1.807, 2.05) is 0 Å². The van der Waals surface area contributed by atoms with Crippen molar-refractivity contribution in [2.45, 2.75) is 55.1 Å². The molecule has 1 aliphatic carbocycles. The van der Waals surface area contributed by atoms with Gasteiger partial charge in [-0.15, -0.1) is 0 Å². The highest BCUT2D eigenvalue weighted by molar-refractivity contribution is 6.08. The maximum atomic E-state index is 13.3.